The highest BCUT2D eigenvalue weighted by molar-refractivity contribution is 5.33. The van der Waals surface area contributed by atoms with Crippen LogP contribution in [0.4, 0.5) is 0 Å². The second-order valence-electron chi connectivity index (χ2n) is 5.33. The van der Waals surface area contributed by atoms with Crippen LogP contribution >= 0.6 is 0 Å². The molecule has 3 aromatic rings. The average molecular weight is 321 g/mol. The van der Waals surface area contributed by atoms with Crippen molar-refractivity contribution in [3.05, 3.63) is 90.3 Å². The lowest BCUT2D eigenvalue weighted by Crippen LogP contribution is -2.11. The van der Waals surface area contributed by atoms with Gasteiger partial charge in [0, 0.05) is 12.3 Å². The van der Waals surface area contributed by atoms with Crippen molar-refractivity contribution >= 4 is 0 Å². The Balaban J connectivity index is 1.55. The number of pyridine rings is 1. The molecule has 3 rings (SSSR count). The van der Waals surface area contributed by atoms with Gasteiger partial charge >= 0.3 is 0 Å². The number of aromatic nitrogens is 1. The van der Waals surface area contributed by atoms with E-state index in [-0.39, 0.29) is 6.61 Å². The SMILES string of the molecule is OC(COc1cccc(OCc2ccccc2)c1)c1ccccn1. The molecule has 0 spiro atoms. The van der Waals surface area contributed by atoms with E-state index >= 15 is 0 Å². The molecule has 0 bridgehead atoms. The lowest BCUT2D eigenvalue weighted by molar-refractivity contribution is 0.104. The molecule has 122 valence electrons. The van der Waals surface area contributed by atoms with Crippen molar-refractivity contribution < 1.29 is 14.6 Å². The van der Waals surface area contributed by atoms with Gasteiger partial charge < -0.3 is 14.6 Å². The molecule has 1 N–H and O–H groups in total. The molecule has 0 radical (unpaired) electrons. The number of aliphatic hydroxyl groups is 1. The smallest absolute Gasteiger partial charge is 0.130 e. The Kier molecular flexibility index (Phi) is 5.43. The fourth-order valence-electron chi connectivity index (χ4n) is 2.23. The van der Waals surface area contributed by atoms with E-state index in [1.165, 1.54) is 0 Å². The number of aliphatic hydroxyl groups excluding tert-OH is 1. The van der Waals surface area contributed by atoms with E-state index in [1.54, 1.807) is 12.3 Å². The van der Waals surface area contributed by atoms with Crippen molar-refractivity contribution in [3.63, 3.8) is 0 Å². The molecule has 0 amide bonds. The van der Waals surface area contributed by atoms with Gasteiger partial charge in [0.1, 0.15) is 30.8 Å². The van der Waals surface area contributed by atoms with Crippen LogP contribution in [0.3, 0.4) is 0 Å². The Bertz CT molecular complexity index is 747. The van der Waals surface area contributed by atoms with Crippen molar-refractivity contribution in [2.75, 3.05) is 6.61 Å². The third kappa shape index (κ3) is 4.57. The Morgan fingerprint density at radius 3 is 2.33 bits per heavy atom. The fourth-order valence-corrected chi connectivity index (χ4v) is 2.23. The van der Waals surface area contributed by atoms with Crippen LogP contribution in [0.15, 0.2) is 79.0 Å². The maximum Gasteiger partial charge on any atom is 0.130 e. The van der Waals surface area contributed by atoms with Gasteiger partial charge in [-0.3, -0.25) is 4.98 Å². The molecule has 1 aromatic heterocycles. The normalized spacial score (nSPS) is 11.7. The van der Waals surface area contributed by atoms with Crippen LogP contribution < -0.4 is 9.47 Å². The molecule has 4 heteroatoms. The molecule has 0 saturated heterocycles. The van der Waals surface area contributed by atoms with Gasteiger partial charge in [0.15, 0.2) is 0 Å². The third-order valence-electron chi connectivity index (χ3n) is 3.49. The van der Waals surface area contributed by atoms with Crippen LogP contribution in [0, 0.1) is 0 Å². The van der Waals surface area contributed by atoms with Crippen molar-refractivity contribution in [2.45, 2.75) is 12.7 Å². The molecule has 0 aliphatic carbocycles. The summed E-state index contributed by atoms with van der Waals surface area (Å²) in [5.41, 5.74) is 1.70. The maximum atomic E-state index is 10.1. The summed E-state index contributed by atoms with van der Waals surface area (Å²) in [6.07, 6.45) is 0.886. The summed E-state index contributed by atoms with van der Waals surface area (Å²) in [5.74, 6) is 1.37. The molecule has 4 nitrogen and oxygen atoms in total. The minimum Gasteiger partial charge on any atom is -0.490 e. The lowest BCUT2D eigenvalue weighted by Gasteiger charge is -2.13. The highest BCUT2D eigenvalue weighted by Crippen LogP contribution is 2.21. The van der Waals surface area contributed by atoms with Gasteiger partial charge in [0.05, 0.1) is 5.69 Å². The minimum atomic E-state index is -0.764. The number of rotatable bonds is 7. The van der Waals surface area contributed by atoms with Crippen molar-refractivity contribution in [1.29, 1.82) is 0 Å². The zero-order valence-electron chi connectivity index (χ0n) is 13.2. The summed E-state index contributed by atoms with van der Waals surface area (Å²) < 4.78 is 11.4. The van der Waals surface area contributed by atoms with Gasteiger partial charge in [0.2, 0.25) is 0 Å². The molecule has 0 aliphatic rings. The number of nitrogens with zero attached hydrogens (tertiary/aromatic N) is 1. The molecule has 0 saturated carbocycles. The molecular weight excluding hydrogens is 302 g/mol. The van der Waals surface area contributed by atoms with Crippen LogP contribution in [0.1, 0.15) is 17.4 Å². The number of benzene rings is 2. The highest BCUT2D eigenvalue weighted by Gasteiger charge is 2.09. The minimum absolute atomic E-state index is 0.138. The van der Waals surface area contributed by atoms with E-state index in [0.717, 1.165) is 11.3 Å². The van der Waals surface area contributed by atoms with Crippen LogP contribution in [0.5, 0.6) is 11.5 Å². The number of hydrogen-bond acceptors (Lipinski definition) is 4. The molecule has 2 aromatic carbocycles. The Labute approximate surface area is 141 Å². The summed E-state index contributed by atoms with van der Waals surface area (Å²) in [7, 11) is 0. The first kappa shape index (κ1) is 16.0. The summed E-state index contributed by atoms with van der Waals surface area (Å²) in [5, 5.41) is 10.1. The molecule has 0 fully saturated rings. The van der Waals surface area contributed by atoms with Gasteiger partial charge in [-0.25, -0.2) is 0 Å². The van der Waals surface area contributed by atoms with Crippen LogP contribution in [0.25, 0.3) is 0 Å². The Morgan fingerprint density at radius 1 is 0.833 bits per heavy atom. The Hall–Kier alpha value is -2.85. The first-order chi connectivity index (χ1) is 11.8. The first-order valence-corrected chi connectivity index (χ1v) is 7.80. The standard InChI is InChI=1S/C20H19NO3/c22-20(19-11-4-5-12-21-19)15-24-18-10-6-9-17(13-18)23-14-16-7-2-1-3-8-16/h1-13,20,22H,14-15H2. The second kappa shape index (κ2) is 8.13. The van der Waals surface area contributed by atoms with E-state index < -0.39 is 6.10 Å². The molecule has 1 atom stereocenters. The fraction of sp³-hybridized carbons (Fsp3) is 0.150. The van der Waals surface area contributed by atoms with E-state index in [9.17, 15) is 5.11 Å². The van der Waals surface area contributed by atoms with Crippen molar-refractivity contribution in [3.8, 4) is 11.5 Å². The quantitative estimate of drug-likeness (QED) is 0.719. The molecule has 0 aliphatic heterocycles. The van der Waals surface area contributed by atoms with E-state index in [1.807, 2.05) is 66.7 Å². The van der Waals surface area contributed by atoms with Gasteiger partial charge in [-0.2, -0.15) is 0 Å². The molecule has 1 heterocycles. The maximum absolute atomic E-state index is 10.1. The zero-order valence-corrected chi connectivity index (χ0v) is 13.2. The van der Waals surface area contributed by atoms with Crippen LogP contribution in [-0.4, -0.2) is 16.7 Å². The van der Waals surface area contributed by atoms with Crippen molar-refractivity contribution in [1.82, 2.24) is 4.98 Å². The number of hydrogen-bond donors (Lipinski definition) is 1. The van der Waals surface area contributed by atoms with Gasteiger partial charge in [0.25, 0.3) is 0 Å². The van der Waals surface area contributed by atoms with E-state index in [2.05, 4.69) is 4.98 Å². The average Bonchev–Trinajstić information content (AvgIpc) is 2.66. The molecule has 1 unspecified atom stereocenters. The predicted octanol–water partition coefficient (Wildman–Crippen LogP) is 3.77. The van der Waals surface area contributed by atoms with Crippen molar-refractivity contribution in [2.24, 2.45) is 0 Å². The van der Waals surface area contributed by atoms with Crippen LogP contribution in [-0.2, 0) is 6.61 Å². The third-order valence-corrected chi connectivity index (χ3v) is 3.49. The largest absolute Gasteiger partial charge is 0.490 e. The first-order valence-electron chi connectivity index (χ1n) is 7.80. The zero-order chi connectivity index (χ0) is 16.6. The summed E-state index contributed by atoms with van der Waals surface area (Å²) in [6, 6.07) is 22.8. The molecule has 24 heavy (non-hydrogen) atoms. The summed E-state index contributed by atoms with van der Waals surface area (Å²) >= 11 is 0. The van der Waals surface area contributed by atoms with E-state index in [4.69, 9.17) is 9.47 Å². The van der Waals surface area contributed by atoms with Gasteiger partial charge in [-0.15, -0.1) is 0 Å². The molecular formula is C20H19NO3. The Morgan fingerprint density at radius 2 is 1.58 bits per heavy atom. The lowest BCUT2D eigenvalue weighted by atomic mass is 10.2. The van der Waals surface area contributed by atoms with E-state index in [0.29, 0.717) is 18.1 Å². The monoisotopic (exact) mass is 321 g/mol. The topological polar surface area (TPSA) is 51.6 Å². The summed E-state index contributed by atoms with van der Waals surface area (Å²) in [4.78, 5) is 4.12. The number of ether oxygens (including phenoxy) is 2. The van der Waals surface area contributed by atoms with Gasteiger partial charge in [-0.05, 0) is 29.8 Å². The summed E-state index contributed by atoms with van der Waals surface area (Å²) in [6.45, 7) is 0.639. The second-order valence-corrected chi connectivity index (χ2v) is 5.33. The highest BCUT2D eigenvalue weighted by atomic mass is 16.5. The van der Waals surface area contributed by atoms with Crippen LogP contribution in [0.2, 0.25) is 0 Å². The van der Waals surface area contributed by atoms with Gasteiger partial charge in [-0.1, -0.05) is 42.5 Å². The predicted molar refractivity (Wildman–Crippen MR) is 91.9 cm³/mol.